The van der Waals surface area contributed by atoms with E-state index < -0.39 is 15.6 Å². The molecule has 0 unspecified atom stereocenters. The van der Waals surface area contributed by atoms with E-state index in [-0.39, 0.29) is 10.8 Å². The molecule has 4 nitrogen and oxygen atoms in total. The normalized spacial score (nSPS) is 22.2. The number of aryl methyl sites for hydroxylation is 1. The molecule has 1 saturated heterocycles. The number of benzene rings is 2. The Labute approximate surface area is 172 Å². The second-order valence-corrected chi connectivity index (χ2v) is 9.17. The minimum absolute atomic E-state index is 0.177. The van der Waals surface area contributed by atoms with Crippen LogP contribution < -0.4 is 0 Å². The first-order chi connectivity index (χ1) is 12.3. The molecule has 3 rings (SSSR count). The lowest BCUT2D eigenvalue weighted by atomic mass is 9.88. The van der Waals surface area contributed by atoms with Gasteiger partial charge < -0.3 is 4.74 Å². The minimum atomic E-state index is -3.78. The molecule has 1 atom stereocenters. The number of hydrogen-bond acceptors (Lipinski definition) is 3. The maximum atomic E-state index is 12.6. The van der Waals surface area contributed by atoms with Crippen molar-refractivity contribution in [1.29, 1.82) is 0 Å². The lowest BCUT2D eigenvalue weighted by molar-refractivity contribution is 0.0484. The number of hydrogen-bond donors (Lipinski definition) is 0. The standard InChI is InChI=1S/C19H19ClINO3S/c1-14-4-10-17(11-5-14)26(23,24)22-18-3-2-12-19(13-21,25-18)15-6-8-16(20)9-7-15/h4-11H,2-3,12-13H2,1H3/b22-18-/t19-/m0/s1. The monoisotopic (exact) mass is 503 g/mol. The number of halogens is 2. The van der Waals surface area contributed by atoms with Gasteiger partial charge in [0.1, 0.15) is 5.60 Å². The van der Waals surface area contributed by atoms with Crippen LogP contribution in [0.25, 0.3) is 0 Å². The van der Waals surface area contributed by atoms with E-state index in [1.54, 1.807) is 24.3 Å². The van der Waals surface area contributed by atoms with Gasteiger partial charge in [0.25, 0.3) is 10.0 Å². The molecule has 0 saturated carbocycles. The van der Waals surface area contributed by atoms with Crippen LogP contribution in [0, 0.1) is 6.92 Å². The van der Waals surface area contributed by atoms with Crippen LogP contribution in [0.3, 0.4) is 0 Å². The van der Waals surface area contributed by atoms with Crippen LogP contribution >= 0.6 is 34.2 Å². The Bertz CT molecular complexity index is 911. The van der Waals surface area contributed by atoms with Crippen LogP contribution in [-0.2, 0) is 20.4 Å². The predicted molar refractivity (Wildman–Crippen MR) is 113 cm³/mol. The van der Waals surface area contributed by atoms with Gasteiger partial charge in [-0.05, 0) is 49.6 Å². The van der Waals surface area contributed by atoms with Gasteiger partial charge in [-0.25, -0.2) is 0 Å². The molecule has 0 bridgehead atoms. The molecule has 2 aromatic rings. The molecule has 1 fully saturated rings. The molecule has 0 amide bonds. The van der Waals surface area contributed by atoms with E-state index in [4.69, 9.17) is 16.3 Å². The second kappa shape index (κ2) is 7.86. The first-order valence-corrected chi connectivity index (χ1v) is 11.6. The maximum Gasteiger partial charge on any atom is 0.285 e. The van der Waals surface area contributed by atoms with Gasteiger partial charge in [-0.15, -0.1) is 4.40 Å². The van der Waals surface area contributed by atoms with Crippen LogP contribution in [-0.4, -0.2) is 18.7 Å². The van der Waals surface area contributed by atoms with Gasteiger partial charge in [0, 0.05) is 15.9 Å². The molecular weight excluding hydrogens is 485 g/mol. The molecule has 1 aliphatic rings. The predicted octanol–water partition coefficient (Wildman–Crippen LogP) is 5.27. The largest absolute Gasteiger partial charge is 0.468 e. The van der Waals surface area contributed by atoms with Crippen molar-refractivity contribution in [3.8, 4) is 0 Å². The zero-order valence-electron chi connectivity index (χ0n) is 14.3. The highest BCUT2D eigenvalue weighted by Crippen LogP contribution is 2.38. The summed E-state index contributed by atoms with van der Waals surface area (Å²) in [6.45, 7) is 1.91. The fourth-order valence-corrected chi connectivity index (χ4v) is 5.03. The number of alkyl halides is 1. The number of rotatable bonds is 4. The Kier molecular flexibility index (Phi) is 5.94. The van der Waals surface area contributed by atoms with Crippen molar-refractivity contribution in [2.24, 2.45) is 4.40 Å². The molecule has 0 spiro atoms. The Balaban J connectivity index is 1.92. The average molecular weight is 504 g/mol. The Morgan fingerprint density at radius 3 is 2.42 bits per heavy atom. The fourth-order valence-electron chi connectivity index (χ4n) is 2.94. The van der Waals surface area contributed by atoms with E-state index in [1.165, 1.54) is 0 Å². The topological polar surface area (TPSA) is 55.7 Å². The minimum Gasteiger partial charge on any atom is -0.468 e. The van der Waals surface area contributed by atoms with Gasteiger partial charge in [-0.2, -0.15) is 8.42 Å². The van der Waals surface area contributed by atoms with E-state index >= 15 is 0 Å². The van der Waals surface area contributed by atoms with Gasteiger partial charge in [-0.1, -0.05) is 64.0 Å². The quantitative estimate of drug-likeness (QED) is 0.422. The number of nitrogens with zero attached hydrogens (tertiary/aromatic N) is 1. The third kappa shape index (κ3) is 4.23. The average Bonchev–Trinajstić information content (AvgIpc) is 2.62. The molecule has 0 aromatic heterocycles. The summed E-state index contributed by atoms with van der Waals surface area (Å²) in [6.07, 6.45) is 2.13. The molecule has 26 heavy (non-hydrogen) atoms. The van der Waals surface area contributed by atoms with Gasteiger partial charge >= 0.3 is 0 Å². The highest BCUT2D eigenvalue weighted by molar-refractivity contribution is 14.1. The summed E-state index contributed by atoms with van der Waals surface area (Å²) in [5.41, 5.74) is 1.40. The summed E-state index contributed by atoms with van der Waals surface area (Å²) in [4.78, 5) is 0.177. The van der Waals surface area contributed by atoms with Gasteiger partial charge in [0.2, 0.25) is 5.90 Å². The van der Waals surface area contributed by atoms with Crippen molar-refractivity contribution in [2.45, 2.75) is 36.7 Å². The highest BCUT2D eigenvalue weighted by atomic mass is 127. The van der Waals surface area contributed by atoms with Crippen molar-refractivity contribution in [2.75, 3.05) is 4.43 Å². The maximum absolute atomic E-state index is 12.6. The Morgan fingerprint density at radius 1 is 1.15 bits per heavy atom. The number of sulfonamides is 1. The molecule has 1 aliphatic heterocycles. The smallest absolute Gasteiger partial charge is 0.285 e. The molecule has 0 N–H and O–H groups in total. The third-order valence-corrected chi connectivity index (χ3v) is 7.21. The molecule has 1 heterocycles. The fraction of sp³-hybridized carbons (Fsp3) is 0.316. The lowest BCUT2D eigenvalue weighted by Gasteiger charge is -2.37. The van der Waals surface area contributed by atoms with Crippen molar-refractivity contribution < 1.29 is 13.2 Å². The van der Waals surface area contributed by atoms with Gasteiger partial charge in [0.05, 0.1) is 4.90 Å². The summed E-state index contributed by atoms with van der Waals surface area (Å²) >= 11 is 8.26. The van der Waals surface area contributed by atoms with E-state index in [1.807, 2.05) is 31.2 Å². The van der Waals surface area contributed by atoms with E-state index in [0.717, 1.165) is 24.0 Å². The summed E-state index contributed by atoms with van der Waals surface area (Å²) in [5, 5.41) is 0.656. The Hall–Kier alpha value is -1.12. The van der Waals surface area contributed by atoms with E-state index in [2.05, 4.69) is 27.0 Å². The SMILES string of the molecule is Cc1ccc(S(=O)(=O)/N=C2/CCC[C@](CI)(c3ccc(Cl)cc3)O2)cc1. The third-order valence-electron chi connectivity index (χ3n) is 4.41. The summed E-state index contributed by atoms with van der Waals surface area (Å²) < 4.78 is 36.0. The van der Waals surface area contributed by atoms with Crippen LogP contribution in [0.2, 0.25) is 5.02 Å². The first-order valence-electron chi connectivity index (χ1n) is 8.26. The van der Waals surface area contributed by atoms with Gasteiger partial charge in [0.15, 0.2) is 0 Å². The summed E-state index contributed by atoms with van der Waals surface area (Å²) in [7, 11) is -3.78. The zero-order valence-corrected chi connectivity index (χ0v) is 18.0. The molecule has 138 valence electrons. The highest BCUT2D eigenvalue weighted by Gasteiger charge is 2.38. The van der Waals surface area contributed by atoms with Crippen LogP contribution in [0.15, 0.2) is 57.8 Å². The molecular formula is C19H19ClINO3S. The van der Waals surface area contributed by atoms with Crippen LogP contribution in [0.4, 0.5) is 0 Å². The molecule has 2 aromatic carbocycles. The molecule has 7 heteroatoms. The van der Waals surface area contributed by atoms with E-state index in [0.29, 0.717) is 15.9 Å². The van der Waals surface area contributed by atoms with Crippen molar-refractivity contribution in [3.05, 3.63) is 64.7 Å². The van der Waals surface area contributed by atoms with Crippen molar-refractivity contribution >= 4 is 50.1 Å². The molecule has 0 aliphatic carbocycles. The second-order valence-electron chi connectivity index (χ2n) is 6.36. The summed E-state index contributed by atoms with van der Waals surface area (Å²) in [6, 6.07) is 14.2. The van der Waals surface area contributed by atoms with E-state index in [9.17, 15) is 8.42 Å². The zero-order chi connectivity index (χ0) is 18.8. The molecule has 0 radical (unpaired) electrons. The lowest BCUT2D eigenvalue weighted by Crippen LogP contribution is -2.38. The van der Waals surface area contributed by atoms with Crippen LogP contribution in [0.5, 0.6) is 0 Å². The van der Waals surface area contributed by atoms with Crippen molar-refractivity contribution in [3.63, 3.8) is 0 Å². The number of ether oxygens (including phenoxy) is 1. The van der Waals surface area contributed by atoms with Crippen LogP contribution in [0.1, 0.15) is 30.4 Å². The van der Waals surface area contributed by atoms with Crippen molar-refractivity contribution in [1.82, 2.24) is 0 Å². The van der Waals surface area contributed by atoms with Gasteiger partial charge in [-0.3, -0.25) is 0 Å². The summed E-state index contributed by atoms with van der Waals surface area (Å²) in [5.74, 6) is 0.267. The Morgan fingerprint density at radius 2 is 1.81 bits per heavy atom. The first kappa shape index (κ1) is 19.6.